The number of azo groups is 1. The van der Waals surface area contributed by atoms with E-state index in [0.29, 0.717) is 10.0 Å². The van der Waals surface area contributed by atoms with E-state index in [0.717, 1.165) is 11.8 Å². The first-order valence-corrected chi connectivity index (χ1v) is 7.59. The molecule has 1 saturated heterocycles. The van der Waals surface area contributed by atoms with Gasteiger partial charge in [0.1, 0.15) is 4.32 Å². The average Bonchev–Trinajstić information content (AvgIpc) is 2.65. The fraction of sp³-hybridized carbons (Fsp3) is 0.111. The number of carbonyl (C=O) groups excluding carboxylic acids is 1. The third-order valence-corrected chi connectivity index (χ3v) is 4.19. The van der Waals surface area contributed by atoms with Gasteiger partial charge >= 0.3 is 0 Å². The zero-order valence-electron chi connectivity index (χ0n) is 9.18. The smallest absolute Gasteiger partial charge is 0.294 e. The van der Waals surface area contributed by atoms with Crippen molar-refractivity contribution in [3.8, 4) is 0 Å². The van der Waals surface area contributed by atoms with E-state index in [9.17, 15) is 13.2 Å². The Morgan fingerprint density at radius 3 is 2.42 bits per heavy atom. The highest BCUT2D eigenvalue weighted by Gasteiger charge is 2.28. The standard InChI is InChI=1S/C9H7N3O4S3/c13-7-8(18-9(17)10-7)12-11-5-1-3-6(4-2-5)19(14,15)16/h1-4,8H,(H,10,13,17)(H,14,15,16). The van der Waals surface area contributed by atoms with Gasteiger partial charge in [-0.15, -0.1) is 0 Å². The maximum Gasteiger partial charge on any atom is 0.294 e. The zero-order chi connectivity index (χ0) is 14.0. The van der Waals surface area contributed by atoms with E-state index < -0.39 is 15.5 Å². The molecule has 1 aromatic carbocycles. The molecule has 0 aliphatic carbocycles. The first-order chi connectivity index (χ1) is 8.86. The van der Waals surface area contributed by atoms with Crippen LogP contribution in [0.25, 0.3) is 0 Å². The van der Waals surface area contributed by atoms with Gasteiger partial charge in [-0.25, -0.2) is 0 Å². The second-order valence-corrected chi connectivity index (χ2v) is 6.61. The molecule has 0 radical (unpaired) electrons. The third-order valence-electron chi connectivity index (χ3n) is 2.08. The van der Waals surface area contributed by atoms with Crippen LogP contribution in [-0.2, 0) is 14.9 Å². The Balaban J connectivity index is 2.12. The van der Waals surface area contributed by atoms with E-state index in [2.05, 4.69) is 15.5 Å². The lowest BCUT2D eigenvalue weighted by Gasteiger charge is -1.98. The van der Waals surface area contributed by atoms with Crippen LogP contribution in [0.15, 0.2) is 39.4 Å². The highest BCUT2D eigenvalue weighted by molar-refractivity contribution is 8.24. The molecule has 1 heterocycles. The van der Waals surface area contributed by atoms with Crippen LogP contribution in [0.3, 0.4) is 0 Å². The molecule has 1 aliphatic rings. The van der Waals surface area contributed by atoms with Gasteiger partial charge in [-0.1, -0.05) is 24.0 Å². The predicted molar refractivity (Wildman–Crippen MR) is 72.9 cm³/mol. The molecule has 1 aromatic rings. The molecule has 2 rings (SSSR count). The normalized spacial score (nSPS) is 19.9. The van der Waals surface area contributed by atoms with Crippen molar-refractivity contribution < 1.29 is 17.8 Å². The summed E-state index contributed by atoms with van der Waals surface area (Å²) in [5, 5.41) is 9.29. The summed E-state index contributed by atoms with van der Waals surface area (Å²) in [7, 11) is -4.22. The fourth-order valence-electron chi connectivity index (χ4n) is 1.23. The van der Waals surface area contributed by atoms with Crippen LogP contribution in [0.4, 0.5) is 5.69 Å². The van der Waals surface area contributed by atoms with Crippen molar-refractivity contribution in [2.75, 3.05) is 0 Å². The lowest BCUT2D eigenvalue weighted by Crippen LogP contribution is -2.22. The van der Waals surface area contributed by atoms with E-state index in [1.165, 1.54) is 24.3 Å². The SMILES string of the molecule is O=C1NC(=S)SC1N=Nc1ccc(S(=O)(=O)O)cc1. The van der Waals surface area contributed by atoms with Crippen molar-refractivity contribution in [3.05, 3.63) is 24.3 Å². The van der Waals surface area contributed by atoms with Crippen molar-refractivity contribution in [2.45, 2.75) is 10.3 Å². The van der Waals surface area contributed by atoms with Crippen molar-refractivity contribution in [2.24, 2.45) is 10.2 Å². The van der Waals surface area contributed by atoms with Crippen LogP contribution in [0.5, 0.6) is 0 Å². The minimum Gasteiger partial charge on any atom is -0.309 e. The summed E-state index contributed by atoms with van der Waals surface area (Å²) >= 11 is 5.87. The van der Waals surface area contributed by atoms with Crippen LogP contribution in [0.2, 0.25) is 0 Å². The Labute approximate surface area is 118 Å². The Kier molecular flexibility index (Phi) is 3.94. The molecule has 0 bridgehead atoms. The number of amides is 1. The summed E-state index contributed by atoms with van der Waals surface area (Å²) < 4.78 is 30.8. The van der Waals surface area contributed by atoms with Crippen molar-refractivity contribution in [1.82, 2.24) is 5.32 Å². The Bertz CT molecular complexity index is 654. The van der Waals surface area contributed by atoms with Gasteiger partial charge in [-0.2, -0.15) is 18.6 Å². The van der Waals surface area contributed by atoms with Crippen LogP contribution >= 0.6 is 24.0 Å². The van der Waals surface area contributed by atoms with Gasteiger partial charge in [0.05, 0.1) is 10.6 Å². The van der Waals surface area contributed by atoms with E-state index in [1.54, 1.807) is 0 Å². The van der Waals surface area contributed by atoms with Gasteiger partial charge in [0, 0.05) is 0 Å². The third kappa shape index (κ3) is 3.56. The quantitative estimate of drug-likeness (QED) is 0.497. The number of hydrogen-bond donors (Lipinski definition) is 2. The highest BCUT2D eigenvalue weighted by atomic mass is 32.2. The lowest BCUT2D eigenvalue weighted by atomic mass is 10.3. The van der Waals surface area contributed by atoms with Crippen molar-refractivity contribution in [1.29, 1.82) is 0 Å². The minimum atomic E-state index is -4.22. The molecule has 0 spiro atoms. The molecule has 1 unspecified atom stereocenters. The Morgan fingerprint density at radius 2 is 1.95 bits per heavy atom. The molecule has 1 atom stereocenters. The van der Waals surface area contributed by atoms with Gasteiger partial charge in [0.2, 0.25) is 5.37 Å². The summed E-state index contributed by atoms with van der Waals surface area (Å²) in [6.07, 6.45) is 0. The number of thiocarbonyl (C=S) groups is 1. The van der Waals surface area contributed by atoms with E-state index in [1.807, 2.05) is 0 Å². The van der Waals surface area contributed by atoms with Gasteiger partial charge in [-0.05, 0) is 24.3 Å². The topological polar surface area (TPSA) is 108 Å². The lowest BCUT2D eigenvalue weighted by molar-refractivity contribution is -0.118. The molecule has 100 valence electrons. The van der Waals surface area contributed by atoms with Crippen molar-refractivity contribution in [3.63, 3.8) is 0 Å². The average molecular weight is 317 g/mol. The van der Waals surface area contributed by atoms with Crippen molar-refractivity contribution >= 4 is 50.0 Å². The summed E-state index contributed by atoms with van der Waals surface area (Å²) in [6, 6.07) is 5.11. The largest absolute Gasteiger partial charge is 0.309 e. The summed E-state index contributed by atoms with van der Waals surface area (Å²) in [5.74, 6) is -0.340. The molecule has 2 N–H and O–H groups in total. The monoisotopic (exact) mass is 317 g/mol. The van der Waals surface area contributed by atoms with Gasteiger partial charge < -0.3 is 5.32 Å². The first-order valence-electron chi connectivity index (χ1n) is 4.86. The fourth-order valence-corrected chi connectivity index (χ4v) is 2.70. The zero-order valence-corrected chi connectivity index (χ0v) is 11.6. The summed E-state index contributed by atoms with van der Waals surface area (Å²) in [5.41, 5.74) is 0.360. The molecule has 1 aliphatic heterocycles. The first kappa shape index (κ1) is 14.1. The maximum absolute atomic E-state index is 11.3. The van der Waals surface area contributed by atoms with Crippen LogP contribution < -0.4 is 5.32 Å². The minimum absolute atomic E-state index is 0.236. The second-order valence-electron chi connectivity index (χ2n) is 3.43. The highest BCUT2D eigenvalue weighted by Crippen LogP contribution is 2.23. The number of benzene rings is 1. The molecule has 1 fully saturated rings. The predicted octanol–water partition coefficient (Wildman–Crippen LogP) is 1.49. The van der Waals surface area contributed by atoms with Gasteiger partial charge in [-0.3, -0.25) is 9.35 Å². The van der Waals surface area contributed by atoms with Crippen LogP contribution in [0, 0.1) is 0 Å². The molecule has 1 amide bonds. The van der Waals surface area contributed by atoms with Gasteiger partial charge in [0.25, 0.3) is 16.0 Å². The molecule has 0 aromatic heterocycles. The number of hydrogen-bond acceptors (Lipinski definition) is 7. The number of thioether (sulfide) groups is 1. The Hall–Kier alpha value is -1.36. The molecule has 7 nitrogen and oxygen atoms in total. The number of nitrogens with one attached hydrogen (secondary N) is 1. The molecule has 19 heavy (non-hydrogen) atoms. The molecule has 10 heteroatoms. The maximum atomic E-state index is 11.3. The summed E-state index contributed by atoms with van der Waals surface area (Å²) in [4.78, 5) is 11.1. The van der Waals surface area contributed by atoms with Gasteiger partial charge in [0.15, 0.2) is 0 Å². The molecule has 0 saturated carbocycles. The summed E-state index contributed by atoms with van der Waals surface area (Å²) in [6.45, 7) is 0. The number of nitrogens with zero attached hydrogens (tertiary/aromatic N) is 2. The van der Waals surface area contributed by atoms with E-state index in [4.69, 9.17) is 16.8 Å². The number of carbonyl (C=O) groups is 1. The van der Waals surface area contributed by atoms with Crippen LogP contribution in [0.1, 0.15) is 0 Å². The Morgan fingerprint density at radius 1 is 1.32 bits per heavy atom. The van der Waals surface area contributed by atoms with Crippen LogP contribution in [-0.4, -0.2) is 28.6 Å². The number of rotatable bonds is 3. The molecular formula is C9H7N3O4S3. The second kappa shape index (κ2) is 5.33. The van der Waals surface area contributed by atoms with E-state index in [-0.39, 0.29) is 10.8 Å². The van der Waals surface area contributed by atoms with E-state index >= 15 is 0 Å². The molecular weight excluding hydrogens is 310 g/mol.